The fourth-order valence-electron chi connectivity index (χ4n) is 1.81. The lowest BCUT2D eigenvalue weighted by atomic mass is 10.1. The number of aromatic nitrogens is 2. The molecule has 0 aromatic carbocycles. The second-order valence-electron chi connectivity index (χ2n) is 3.85. The van der Waals surface area contributed by atoms with Crippen LogP contribution in [0.25, 0.3) is 0 Å². The zero-order valence-corrected chi connectivity index (χ0v) is 11.6. The van der Waals surface area contributed by atoms with Gasteiger partial charge in [0.1, 0.15) is 5.82 Å². The molecule has 0 saturated carbocycles. The van der Waals surface area contributed by atoms with E-state index in [1.807, 2.05) is 26.2 Å². The molecule has 0 aliphatic heterocycles. The van der Waals surface area contributed by atoms with Crippen molar-refractivity contribution in [3.63, 3.8) is 0 Å². The Bertz CT molecular complexity index is 475. The zero-order chi connectivity index (χ0) is 11.7. The Kier molecular flexibility index (Phi) is 3.47. The number of nitrogens with zero attached hydrogens (tertiary/aromatic N) is 2. The third-order valence-electron chi connectivity index (χ3n) is 2.54. The first-order valence-corrected chi connectivity index (χ1v) is 6.76. The number of thiophene rings is 1. The van der Waals surface area contributed by atoms with Crippen LogP contribution in [0.3, 0.4) is 0 Å². The van der Waals surface area contributed by atoms with Gasteiger partial charge in [-0.25, -0.2) is 4.98 Å². The number of hydrogen-bond donors (Lipinski definition) is 1. The Morgan fingerprint density at radius 2 is 2.31 bits per heavy atom. The Hall–Kier alpha value is -0.650. The number of imidazole rings is 1. The van der Waals surface area contributed by atoms with Crippen LogP contribution in [-0.2, 0) is 0 Å². The number of rotatable bonds is 3. The first kappa shape index (κ1) is 11.8. The summed E-state index contributed by atoms with van der Waals surface area (Å²) in [6.07, 6.45) is 3.80. The van der Waals surface area contributed by atoms with E-state index in [-0.39, 0.29) is 12.1 Å². The maximum absolute atomic E-state index is 6.08. The molecule has 0 radical (unpaired) electrons. The van der Waals surface area contributed by atoms with Crippen LogP contribution in [0.4, 0.5) is 0 Å². The van der Waals surface area contributed by atoms with Crippen molar-refractivity contribution in [1.82, 2.24) is 9.55 Å². The van der Waals surface area contributed by atoms with Crippen molar-refractivity contribution in [3.8, 4) is 0 Å². The van der Waals surface area contributed by atoms with E-state index in [4.69, 9.17) is 5.73 Å². The van der Waals surface area contributed by atoms with Gasteiger partial charge in [0.2, 0.25) is 0 Å². The predicted octanol–water partition coefficient (Wildman–Crippen LogP) is 2.95. The molecule has 0 amide bonds. The topological polar surface area (TPSA) is 43.8 Å². The summed E-state index contributed by atoms with van der Waals surface area (Å²) in [5.41, 5.74) is 6.08. The first-order valence-electron chi connectivity index (χ1n) is 5.08. The summed E-state index contributed by atoms with van der Waals surface area (Å²) < 4.78 is 3.24. The van der Waals surface area contributed by atoms with Gasteiger partial charge in [0.05, 0.1) is 6.04 Å². The van der Waals surface area contributed by atoms with Gasteiger partial charge in [0.15, 0.2) is 0 Å². The lowest BCUT2D eigenvalue weighted by molar-refractivity contribution is 0.493. The van der Waals surface area contributed by atoms with Gasteiger partial charge >= 0.3 is 0 Å². The Morgan fingerprint density at radius 1 is 1.56 bits per heavy atom. The molecule has 16 heavy (non-hydrogen) atoms. The molecule has 86 valence electrons. The zero-order valence-electron chi connectivity index (χ0n) is 9.22. The number of hydrogen-bond acceptors (Lipinski definition) is 3. The second kappa shape index (κ2) is 4.69. The van der Waals surface area contributed by atoms with Gasteiger partial charge in [0, 0.05) is 33.2 Å². The standard InChI is InChI=1S/C11H14BrN3S/c1-7(13)11(10-5-9(12)6-16-10)15-4-3-14-8(15)2/h3-7,11H,13H2,1-2H3. The predicted molar refractivity (Wildman–Crippen MR) is 70.8 cm³/mol. The summed E-state index contributed by atoms with van der Waals surface area (Å²) >= 11 is 5.19. The molecule has 3 nitrogen and oxygen atoms in total. The monoisotopic (exact) mass is 299 g/mol. The highest BCUT2D eigenvalue weighted by Crippen LogP contribution is 2.30. The Balaban J connectivity index is 2.42. The van der Waals surface area contributed by atoms with E-state index >= 15 is 0 Å². The minimum atomic E-state index is 0.0541. The lowest BCUT2D eigenvalue weighted by Gasteiger charge is -2.22. The molecule has 2 unspecified atom stereocenters. The van der Waals surface area contributed by atoms with E-state index in [1.54, 1.807) is 11.3 Å². The van der Waals surface area contributed by atoms with Crippen molar-refractivity contribution in [1.29, 1.82) is 0 Å². The SMILES string of the molecule is Cc1nccn1C(c1cc(Br)cs1)C(C)N. The normalized spacial score (nSPS) is 15.0. The summed E-state index contributed by atoms with van der Waals surface area (Å²) in [7, 11) is 0. The van der Waals surface area contributed by atoms with Crippen molar-refractivity contribution in [2.75, 3.05) is 0 Å². The smallest absolute Gasteiger partial charge is 0.106 e. The van der Waals surface area contributed by atoms with Crippen molar-refractivity contribution in [2.24, 2.45) is 5.73 Å². The molecule has 2 atom stereocenters. The summed E-state index contributed by atoms with van der Waals surface area (Å²) in [5, 5.41) is 2.08. The van der Waals surface area contributed by atoms with Crippen LogP contribution >= 0.6 is 27.3 Å². The average Bonchev–Trinajstić information content (AvgIpc) is 2.78. The minimum absolute atomic E-state index is 0.0541. The van der Waals surface area contributed by atoms with E-state index in [2.05, 4.69) is 36.9 Å². The average molecular weight is 300 g/mol. The van der Waals surface area contributed by atoms with Crippen LogP contribution in [0.5, 0.6) is 0 Å². The van der Waals surface area contributed by atoms with E-state index in [1.165, 1.54) is 4.88 Å². The summed E-state index contributed by atoms with van der Waals surface area (Å²) in [6.45, 7) is 4.02. The molecule has 2 N–H and O–H groups in total. The highest BCUT2D eigenvalue weighted by molar-refractivity contribution is 9.10. The quantitative estimate of drug-likeness (QED) is 0.947. The molecule has 0 aliphatic rings. The maximum Gasteiger partial charge on any atom is 0.106 e. The number of aryl methyl sites for hydroxylation is 1. The van der Waals surface area contributed by atoms with Crippen molar-refractivity contribution in [2.45, 2.75) is 25.9 Å². The van der Waals surface area contributed by atoms with E-state index in [0.717, 1.165) is 10.3 Å². The van der Waals surface area contributed by atoms with Gasteiger partial charge in [-0.2, -0.15) is 0 Å². The highest BCUT2D eigenvalue weighted by Gasteiger charge is 2.21. The van der Waals surface area contributed by atoms with Gasteiger partial charge in [-0.05, 0) is 35.8 Å². The summed E-state index contributed by atoms with van der Waals surface area (Å²) in [5.74, 6) is 0.992. The molecule has 0 saturated heterocycles. The van der Waals surface area contributed by atoms with Gasteiger partial charge in [0.25, 0.3) is 0 Å². The molecule has 2 aromatic heterocycles. The third kappa shape index (κ3) is 2.21. The Morgan fingerprint density at radius 3 is 2.75 bits per heavy atom. The maximum atomic E-state index is 6.08. The van der Waals surface area contributed by atoms with Crippen LogP contribution in [0.15, 0.2) is 28.3 Å². The molecule has 0 bridgehead atoms. The van der Waals surface area contributed by atoms with Gasteiger partial charge in [-0.15, -0.1) is 11.3 Å². The van der Waals surface area contributed by atoms with Gasteiger partial charge in [-0.3, -0.25) is 0 Å². The molecule has 2 heterocycles. The van der Waals surface area contributed by atoms with Crippen LogP contribution in [-0.4, -0.2) is 15.6 Å². The first-order chi connectivity index (χ1) is 7.59. The van der Waals surface area contributed by atoms with Crippen molar-refractivity contribution in [3.05, 3.63) is 39.0 Å². The van der Waals surface area contributed by atoms with Crippen LogP contribution in [0.2, 0.25) is 0 Å². The molecular formula is C11H14BrN3S. The molecule has 0 spiro atoms. The fourth-order valence-corrected chi connectivity index (χ4v) is 3.47. The number of nitrogens with two attached hydrogens (primary N) is 1. The Labute approximate surface area is 107 Å². The van der Waals surface area contributed by atoms with E-state index in [9.17, 15) is 0 Å². The molecular weight excluding hydrogens is 286 g/mol. The second-order valence-corrected chi connectivity index (χ2v) is 5.71. The third-order valence-corrected chi connectivity index (χ3v) is 4.30. The molecule has 2 rings (SSSR count). The van der Waals surface area contributed by atoms with Gasteiger partial charge < -0.3 is 10.3 Å². The largest absolute Gasteiger partial charge is 0.326 e. The van der Waals surface area contributed by atoms with Crippen molar-refractivity contribution < 1.29 is 0 Å². The fraction of sp³-hybridized carbons (Fsp3) is 0.364. The molecule has 0 fully saturated rings. The molecule has 0 aliphatic carbocycles. The minimum Gasteiger partial charge on any atom is -0.326 e. The lowest BCUT2D eigenvalue weighted by Crippen LogP contribution is -2.29. The van der Waals surface area contributed by atoms with Gasteiger partial charge in [-0.1, -0.05) is 0 Å². The van der Waals surface area contributed by atoms with E-state index in [0.29, 0.717) is 0 Å². The number of halogens is 1. The molecule has 5 heteroatoms. The van der Waals surface area contributed by atoms with Crippen LogP contribution in [0, 0.1) is 6.92 Å². The van der Waals surface area contributed by atoms with Crippen LogP contribution in [0.1, 0.15) is 23.7 Å². The molecule has 2 aromatic rings. The van der Waals surface area contributed by atoms with E-state index < -0.39 is 0 Å². The van der Waals surface area contributed by atoms with Crippen LogP contribution < -0.4 is 5.73 Å². The summed E-state index contributed by atoms with van der Waals surface area (Å²) in [6, 6.07) is 2.34. The van der Waals surface area contributed by atoms with Crippen molar-refractivity contribution >= 4 is 27.3 Å². The highest BCUT2D eigenvalue weighted by atomic mass is 79.9. The summed E-state index contributed by atoms with van der Waals surface area (Å²) in [4.78, 5) is 5.51.